The van der Waals surface area contributed by atoms with Crippen LogP contribution in [0.3, 0.4) is 0 Å². The quantitative estimate of drug-likeness (QED) is 0.890. The predicted molar refractivity (Wildman–Crippen MR) is 74.3 cm³/mol. The molecular formula is C15H18N2O4. The molecule has 0 atom stereocenters. The molecule has 0 aliphatic carbocycles. The molecule has 1 aromatic rings. The van der Waals surface area contributed by atoms with Crippen LogP contribution in [0.5, 0.6) is 0 Å². The van der Waals surface area contributed by atoms with E-state index in [-0.39, 0.29) is 25.2 Å². The number of amides is 2. The van der Waals surface area contributed by atoms with Crippen LogP contribution in [0.4, 0.5) is 4.79 Å². The third-order valence-corrected chi connectivity index (χ3v) is 3.88. The number of nitrogens with zero attached hydrogens (tertiary/aromatic N) is 1. The summed E-state index contributed by atoms with van der Waals surface area (Å²) in [5.74, 6) is -0.0879. The summed E-state index contributed by atoms with van der Waals surface area (Å²) >= 11 is 0. The smallest absolute Gasteiger partial charge is 0.410 e. The molecule has 2 aliphatic heterocycles. The molecule has 1 aromatic carbocycles. The van der Waals surface area contributed by atoms with Gasteiger partial charge in [-0.1, -0.05) is 30.3 Å². The molecule has 1 spiro atoms. The highest BCUT2D eigenvalue weighted by atomic mass is 16.6. The van der Waals surface area contributed by atoms with Gasteiger partial charge in [0.05, 0.1) is 0 Å². The molecule has 0 aromatic heterocycles. The highest BCUT2D eigenvalue weighted by molar-refractivity contribution is 5.79. The molecule has 112 valence electrons. The summed E-state index contributed by atoms with van der Waals surface area (Å²) < 4.78 is 10.8. The number of benzene rings is 1. The zero-order valence-electron chi connectivity index (χ0n) is 11.7. The minimum Gasteiger partial charge on any atom is -0.445 e. The van der Waals surface area contributed by atoms with Crippen molar-refractivity contribution in [1.29, 1.82) is 0 Å². The van der Waals surface area contributed by atoms with Crippen LogP contribution < -0.4 is 5.32 Å². The fourth-order valence-corrected chi connectivity index (χ4v) is 2.66. The average molecular weight is 290 g/mol. The lowest BCUT2D eigenvalue weighted by Gasteiger charge is -2.37. The van der Waals surface area contributed by atoms with Crippen LogP contribution in [-0.4, -0.2) is 42.3 Å². The van der Waals surface area contributed by atoms with Crippen molar-refractivity contribution in [3.63, 3.8) is 0 Å². The van der Waals surface area contributed by atoms with Crippen molar-refractivity contribution in [3.05, 3.63) is 35.9 Å². The second-order valence-electron chi connectivity index (χ2n) is 5.36. The maximum absolute atomic E-state index is 12.0. The van der Waals surface area contributed by atoms with Crippen molar-refractivity contribution in [2.75, 3.05) is 19.7 Å². The molecule has 2 heterocycles. The molecule has 21 heavy (non-hydrogen) atoms. The first-order valence-electron chi connectivity index (χ1n) is 7.07. The molecule has 6 heteroatoms. The van der Waals surface area contributed by atoms with Gasteiger partial charge in [-0.2, -0.15) is 0 Å². The normalized spacial score (nSPS) is 20.4. The summed E-state index contributed by atoms with van der Waals surface area (Å²) in [4.78, 5) is 24.9. The predicted octanol–water partition coefficient (Wildman–Crippen LogP) is 1.26. The standard InChI is InChI=1S/C15H18N2O4/c18-13-11-21-15(16-13)6-8-17(9-7-15)14(19)20-10-12-4-2-1-3-5-12/h1-5H,6-11H2,(H,16,18). The van der Waals surface area contributed by atoms with E-state index in [1.807, 2.05) is 30.3 Å². The third-order valence-electron chi connectivity index (χ3n) is 3.88. The monoisotopic (exact) mass is 290 g/mol. The molecule has 6 nitrogen and oxygen atoms in total. The Morgan fingerprint density at radius 2 is 2.00 bits per heavy atom. The largest absolute Gasteiger partial charge is 0.445 e. The third kappa shape index (κ3) is 3.16. The number of rotatable bonds is 2. The van der Waals surface area contributed by atoms with Gasteiger partial charge in [0.15, 0.2) is 0 Å². The van der Waals surface area contributed by atoms with Gasteiger partial charge in [0.2, 0.25) is 5.91 Å². The number of piperidine rings is 1. The maximum Gasteiger partial charge on any atom is 0.410 e. The first-order chi connectivity index (χ1) is 10.2. The van der Waals surface area contributed by atoms with Gasteiger partial charge in [0.25, 0.3) is 0 Å². The summed E-state index contributed by atoms with van der Waals surface area (Å²) in [6, 6.07) is 9.58. The van der Waals surface area contributed by atoms with E-state index in [9.17, 15) is 9.59 Å². The molecule has 2 fully saturated rings. The Hall–Kier alpha value is -2.08. The number of ether oxygens (including phenoxy) is 2. The first-order valence-corrected chi connectivity index (χ1v) is 7.07. The van der Waals surface area contributed by atoms with E-state index in [0.29, 0.717) is 25.9 Å². The Kier molecular flexibility index (Phi) is 3.79. The SMILES string of the molecule is O=C1COC2(CCN(C(=O)OCc3ccccc3)CC2)N1. The lowest BCUT2D eigenvalue weighted by molar-refractivity contribution is -0.119. The number of carbonyl (C=O) groups excluding carboxylic acids is 2. The minimum absolute atomic E-state index is 0.0879. The number of likely N-dealkylation sites (tertiary alicyclic amines) is 1. The minimum atomic E-state index is -0.576. The highest BCUT2D eigenvalue weighted by Crippen LogP contribution is 2.27. The van der Waals surface area contributed by atoms with Gasteiger partial charge >= 0.3 is 6.09 Å². The second-order valence-corrected chi connectivity index (χ2v) is 5.36. The Labute approximate surface area is 123 Å². The zero-order valence-corrected chi connectivity index (χ0v) is 11.7. The lowest BCUT2D eigenvalue weighted by atomic mass is 10.0. The van der Waals surface area contributed by atoms with Gasteiger partial charge in [-0.25, -0.2) is 4.79 Å². The van der Waals surface area contributed by atoms with E-state index < -0.39 is 5.72 Å². The van der Waals surface area contributed by atoms with Gasteiger partial charge in [-0.3, -0.25) is 4.79 Å². The molecule has 2 aliphatic rings. The van der Waals surface area contributed by atoms with Gasteiger partial charge in [-0.05, 0) is 5.56 Å². The van der Waals surface area contributed by atoms with Gasteiger partial charge in [0.1, 0.15) is 18.9 Å². The Morgan fingerprint density at radius 1 is 1.29 bits per heavy atom. The molecule has 3 rings (SSSR count). The van der Waals surface area contributed by atoms with Crippen molar-refractivity contribution in [1.82, 2.24) is 10.2 Å². The van der Waals surface area contributed by atoms with Crippen molar-refractivity contribution >= 4 is 12.0 Å². The number of hydrogen-bond acceptors (Lipinski definition) is 4. The zero-order chi connectivity index (χ0) is 14.7. The second kappa shape index (κ2) is 5.73. The van der Waals surface area contributed by atoms with Crippen LogP contribution in [0.25, 0.3) is 0 Å². The fourth-order valence-electron chi connectivity index (χ4n) is 2.66. The van der Waals surface area contributed by atoms with E-state index >= 15 is 0 Å². The van der Waals surface area contributed by atoms with Crippen LogP contribution in [0.2, 0.25) is 0 Å². The molecule has 0 saturated carbocycles. The molecule has 2 saturated heterocycles. The van der Waals surface area contributed by atoms with E-state index in [2.05, 4.69) is 5.32 Å². The highest BCUT2D eigenvalue weighted by Gasteiger charge is 2.42. The van der Waals surface area contributed by atoms with Crippen molar-refractivity contribution in [3.8, 4) is 0 Å². The van der Waals surface area contributed by atoms with E-state index in [0.717, 1.165) is 5.56 Å². The molecule has 0 unspecified atom stereocenters. The van der Waals surface area contributed by atoms with Crippen molar-refractivity contribution < 1.29 is 19.1 Å². The van der Waals surface area contributed by atoms with E-state index in [4.69, 9.17) is 9.47 Å². The number of carbonyl (C=O) groups is 2. The lowest BCUT2D eigenvalue weighted by Crippen LogP contribution is -2.53. The number of hydrogen-bond donors (Lipinski definition) is 1. The van der Waals surface area contributed by atoms with Crippen molar-refractivity contribution in [2.24, 2.45) is 0 Å². The van der Waals surface area contributed by atoms with Crippen LogP contribution in [0.1, 0.15) is 18.4 Å². The van der Waals surface area contributed by atoms with Gasteiger partial charge in [0, 0.05) is 25.9 Å². The fraction of sp³-hybridized carbons (Fsp3) is 0.467. The summed E-state index contributed by atoms with van der Waals surface area (Å²) in [5, 5.41) is 2.85. The maximum atomic E-state index is 12.0. The Morgan fingerprint density at radius 3 is 2.62 bits per heavy atom. The number of nitrogens with one attached hydrogen (secondary N) is 1. The molecular weight excluding hydrogens is 272 g/mol. The summed E-state index contributed by atoms with van der Waals surface area (Å²) in [6.45, 7) is 1.43. The van der Waals surface area contributed by atoms with E-state index in [1.54, 1.807) is 4.90 Å². The first kappa shape index (κ1) is 13.9. The molecule has 0 bridgehead atoms. The molecule has 0 radical (unpaired) electrons. The van der Waals surface area contributed by atoms with Crippen LogP contribution >= 0.6 is 0 Å². The summed E-state index contributed by atoms with van der Waals surface area (Å²) in [5.41, 5.74) is 0.388. The summed E-state index contributed by atoms with van der Waals surface area (Å²) in [6.07, 6.45) is 0.872. The molecule has 1 N–H and O–H groups in total. The van der Waals surface area contributed by atoms with Crippen LogP contribution in [-0.2, 0) is 20.9 Å². The topological polar surface area (TPSA) is 67.9 Å². The van der Waals surface area contributed by atoms with Gasteiger partial charge in [-0.15, -0.1) is 0 Å². The Balaban J connectivity index is 1.48. The Bertz CT molecular complexity index is 524. The van der Waals surface area contributed by atoms with Crippen LogP contribution in [0.15, 0.2) is 30.3 Å². The van der Waals surface area contributed by atoms with Gasteiger partial charge < -0.3 is 19.7 Å². The molecule has 2 amide bonds. The van der Waals surface area contributed by atoms with E-state index in [1.165, 1.54) is 0 Å². The average Bonchev–Trinajstić information content (AvgIpc) is 2.87. The van der Waals surface area contributed by atoms with Crippen LogP contribution in [0, 0.1) is 0 Å². The summed E-state index contributed by atoms with van der Waals surface area (Å²) in [7, 11) is 0. The van der Waals surface area contributed by atoms with Crippen molar-refractivity contribution in [2.45, 2.75) is 25.2 Å².